The quantitative estimate of drug-likeness (QED) is 0.297. The molecule has 2 aromatic carbocycles. The zero-order valence-electron chi connectivity index (χ0n) is 18.2. The lowest BCUT2D eigenvalue weighted by molar-refractivity contribution is 0.102. The molecule has 4 rings (SSSR count). The van der Waals surface area contributed by atoms with Gasteiger partial charge in [0.25, 0.3) is 5.91 Å². The molecule has 0 atom stereocenters. The Labute approximate surface area is 200 Å². The maximum absolute atomic E-state index is 13.1. The Morgan fingerprint density at radius 3 is 2.52 bits per heavy atom. The van der Waals surface area contributed by atoms with E-state index in [0.29, 0.717) is 33.1 Å². The summed E-state index contributed by atoms with van der Waals surface area (Å²) in [5.74, 6) is 0.653. The largest absolute Gasteiger partial charge is 0.497 e. The Morgan fingerprint density at radius 2 is 1.82 bits per heavy atom. The Morgan fingerprint density at radius 1 is 1.09 bits per heavy atom. The molecule has 0 fully saturated rings. The van der Waals surface area contributed by atoms with Crippen LogP contribution in [-0.2, 0) is 5.75 Å². The minimum atomic E-state index is -0.375. The van der Waals surface area contributed by atoms with Crippen molar-refractivity contribution in [3.8, 4) is 11.4 Å². The van der Waals surface area contributed by atoms with Crippen LogP contribution in [0.15, 0.2) is 59.8 Å². The van der Waals surface area contributed by atoms with Gasteiger partial charge >= 0.3 is 0 Å². The molecule has 168 valence electrons. The highest BCUT2D eigenvalue weighted by atomic mass is 35.5. The van der Waals surface area contributed by atoms with Crippen LogP contribution in [0.3, 0.4) is 0 Å². The summed E-state index contributed by atoms with van der Waals surface area (Å²) in [6.45, 7) is 3.84. The predicted molar refractivity (Wildman–Crippen MR) is 128 cm³/mol. The summed E-state index contributed by atoms with van der Waals surface area (Å²) in [4.78, 5) is 22.1. The normalized spacial score (nSPS) is 10.8. The van der Waals surface area contributed by atoms with Crippen molar-refractivity contribution in [2.24, 2.45) is 0 Å². The molecule has 2 aromatic heterocycles. The lowest BCUT2D eigenvalue weighted by Gasteiger charge is -2.09. The number of benzene rings is 2. The first-order valence-corrected chi connectivity index (χ1v) is 11.4. The molecule has 0 saturated carbocycles. The van der Waals surface area contributed by atoms with Gasteiger partial charge in [-0.05, 0) is 56.3 Å². The van der Waals surface area contributed by atoms with E-state index in [9.17, 15) is 4.79 Å². The maximum atomic E-state index is 13.1. The number of nitrogens with one attached hydrogen (secondary N) is 1. The number of halogens is 1. The third kappa shape index (κ3) is 5.50. The number of methoxy groups -OCH3 is 1. The lowest BCUT2D eigenvalue weighted by atomic mass is 10.2. The average molecular weight is 481 g/mol. The summed E-state index contributed by atoms with van der Waals surface area (Å²) in [6, 6.07) is 16.2. The number of carbonyl (C=O) groups is 1. The topological polar surface area (TPSA) is 94.8 Å². The maximum Gasteiger partial charge on any atom is 0.278 e. The van der Waals surface area contributed by atoms with Gasteiger partial charge in [-0.15, -0.1) is 5.10 Å². The van der Waals surface area contributed by atoms with E-state index in [-0.39, 0.29) is 11.6 Å². The summed E-state index contributed by atoms with van der Waals surface area (Å²) in [5, 5.41) is 12.5. The number of anilines is 1. The van der Waals surface area contributed by atoms with E-state index < -0.39 is 0 Å². The number of hydrogen-bond acceptors (Lipinski definition) is 7. The van der Waals surface area contributed by atoms with Gasteiger partial charge in [-0.1, -0.05) is 34.6 Å². The molecule has 0 aliphatic carbocycles. The van der Waals surface area contributed by atoms with Gasteiger partial charge in [0, 0.05) is 33.9 Å². The summed E-state index contributed by atoms with van der Waals surface area (Å²) in [5.41, 5.74) is 3.92. The third-order valence-electron chi connectivity index (χ3n) is 4.68. The van der Waals surface area contributed by atoms with E-state index in [0.717, 1.165) is 17.1 Å². The van der Waals surface area contributed by atoms with Gasteiger partial charge in [0.05, 0.1) is 18.5 Å². The zero-order valence-corrected chi connectivity index (χ0v) is 19.8. The first-order chi connectivity index (χ1) is 15.9. The number of hydrogen-bond donors (Lipinski definition) is 1. The van der Waals surface area contributed by atoms with Gasteiger partial charge in [0.2, 0.25) is 0 Å². The number of rotatable bonds is 7. The van der Waals surface area contributed by atoms with Gasteiger partial charge in [-0.3, -0.25) is 4.79 Å². The highest BCUT2D eigenvalue weighted by molar-refractivity contribution is 7.98. The SMILES string of the molecule is COc1cccc(NC(=O)c2nnn(-c3ccc(Cl)cc3)c2CSc2nc(C)cc(C)n2)c1. The van der Waals surface area contributed by atoms with Crippen molar-refractivity contribution >= 4 is 35.0 Å². The van der Waals surface area contributed by atoms with Crippen LogP contribution in [0.5, 0.6) is 5.75 Å². The van der Waals surface area contributed by atoms with Crippen molar-refractivity contribution in [2.45, 2.75) is 24.8 Å². The molecule has 0 unspecified atom stereocenters. The van der Waals surface area contributed by atoms with Crippen molar-refractivity contribution in [3.63, 3.8) is 0 Å². The number of nitrogens with zero attached hydrogens (tertiary/aromatic N) is 5. The smallest absolute Gasteiger partial charge is 0.278 e. The second-order valence-corrected chi connectivity index (χ2v) is 8.56. The summed E-state index contributed by atoms with van der Waals surface area (Å²) in [6.07, 6.45) is 0. The Kier molecular flexibility index (Phi) is 6.90. The van der Waals surface area contributed by atoms with Gasteiger partial charge in [-0.25, -0.2) is 14.6 Å². The molecule has 2 heterocycles. The van der Waals surface area contributed by atoms with Crippen molar-refractivity contribution < 1.29 is 9.53 Å². The molecule has 0 bridgehead atoms. The fourth-order valence-electron chi connectivity index (χ4n) is 3.18. The van der Waals surface area contributed by atoms with Gasteiger partial charge < -0.3 is 10.1 Å². The van der Waals surface area contributed by atoms with E-state index in [1.165, 1.54) is 11.8 Å². The number of ether oxygens (including phenoxy) is 1. The molecule has 8 nitrogen and oxygen atoms in total. The fourth-order valence-corrected chi connectivity index (χ4v) is 4.25. The number of thioether (sulfide) groups is 1. The van der Waals surface area contributed by atoms with Gasteiger partial charge in [-0.2, -0.15) is 0 Å². The van der Waals surface area contributed by atoms with Crippen LogP contribution in [0.1, 0.15) is 27.6 Å². The number of aromatic nitrogens is 5. The molecular weight excluding hydrogens is 460 g/mol. The monoisotopic (exact) mass is 480 g/mol. The molecular formula is C23H21ClN6O2S. The molecule has 0 spiro atoms. The van der Waals surface area contributed by atoms with Crippen LogP contribution in [0.4, 0.5) is 5.69 Å². The Bertz CT molecular complexity index is 1270. The highest BCUT2D eigenvalue weighted by Gasteiger charge is 2.22. The standard InChI is InChI=1S/C23H21ClN6O2S/c1-14-11-15(2)26-23(25-14)33-13-20-21(22(31)27-17-5-4-6-19(12-17)32-3)28-29-30(20)18-9-7-16(24)8-10-18/h4-12H,13H2,1-3H3,(H,27,31). The second-order valence-electron chi connectivity index (χ2n) is 7.18. The molecule has 4 aromatic rings. The molecule has 10 heteroatoms. The van der Waals surface area contributed by atoms with Crippen LogP contribution in [0, 0.1) is 13.8 Å². The highest BCUT2D eigenvalue weighted by Crippen LogP contribution is 2.25. The van der Waals surface area contributed by atoms with E-state index in [4.69, 9.17) is 16.3 Å². The molecule has 1 N–H and O–H groups in total. The first kappa shape index (κ1) is 22.8. The van der Waals surface area contributed by atoms with Crippen molar-refractivity contribution in [3.05, 3.63) is 82.4 Å². The number of amides is 1. The molecule has 33 heavy (non-hydrogen) atoms. The van der Waals surface area contributed by atoms with Crippen LogP contribution in [0.25, 0.3) is 5.69 Å². The zero-order chi connectivity index (χ0) is 23.4. The van der Waals surface area contributed by atoms with E-state index in [1.807, 2.05) is 32.0 Å². The molecule has 0 saturated heterocycles. The van der Waals surface area contributed by atoms with E-state index in [2.05, 4.69) is 25.6 Å². The van der Waals surface area contributed by atoms with Crippen LogP contribution in [0.2, 0.25) is 5.02 Å². The summed E-state index contributed by atoms with van der Waals surface area (Å²) >= 11 is 7.45. The van der Waals surface area contributed by atoms with Crippen molar-refractivity contribution in [1.82, 2.24) is 25.0 Å². The van der Waals surface area contributed by atoms with Crippen LogP contribution < -0.4 is 10.1 Å². The Hall–Kier alpha value is -3.43. The van der Waals surface area contributed by atoms with Gasteiger partial charge in [0.1, 0.15) is 5.75 Å². The molecule has 1 amide bonds. The predicted octanol–water partition coefficient (Wildman–Crippen LogP) is 4.88. The molecule has 0 radical (unpaired) electrons. The minimum absolute atomic E-state index is 0.213. The summed E-state index contributed by atoms with van der Waals surface area (Å²) < 4.78 is 6.86. The second kappa shape index (κ2) is 10.0. The third-order valence-corrected chi connectivity index (χ3v) is 5.79. The number of carbonyl (C=O) groups excluding carboxylic acids is 1. The summed E-state index contributed by atoms with van der Waals surface area (Å²) in [7, 11) is 1.57. The Balaban J connectivity index is 1.66. The van der Waals surface area contributed by atoms with E-state index >= 15 is 0 Å². The van der Waals surface area contributed by atoms with Gasteiger partial charge in [0.15, 0.2) is 10.9 Å². The number of aryl methyl sites for hydroxylation is 2. The fraction of sp³-hybridized carbons (Fsp3) is 0.174. The average Bonchev–Trinajstić information content (AvgIpc) is 3.22. The molecule has 0 aliphatic rings. The minimum Gasteiger partial charge on any atom is -0.497 e. The van der Waals surface area contributed by atoms with Crippen LogP contribution >= 0.6 is 23.4 Å². The van der Waals surface area contributed by atoms with Crippen molar-refractivity contribution in [1.29, 1.82) is 0 Å². The lowest BCUT2D eigenvalue weighted by Crippen LogP contribution is -2.15. The van der Waals surface area contributed by atoms with E-state index in [1.54, 1.807) is 48.2 Å². The van der Waals surface area contributed by atoms with Crippen molar-refractivity contribution in [2.75, 3.05) is 12.4 Å². The molecule has 0 aliphatic heterocycles. The first-order valence-electron chi connectivity index (χ1n) is 10.0. The van der Waals surface area contributed by atoms with Crippen LogP contribution in [-0.4, -0.2) is 38.0 Å².